The van der Waals surface area contributed by atoms with E-state index in [1.807, 2.05) is 0 Å². The predicted octanol–water partition coefficient (Wildman–Crippen LogP) is 1.87. The molecule has 0 bridgehead atoms. The van der Waals surface area contributed by atoms with Crippen LogP contribution in [0.1, 0.15) is 36.0 Å². The highest BCUT2D eigenvalue weighted by Crippen LogP contribution is 2.31. The number of nitrogens with zero attached hydrogens (tertiary/aromatic N) is 4. The van der Waals surface area contributed by atoms with Gasteiger partial charge >= 0.3 is 5.97 Å². The molecule has 1 N–H and O–H groups in total. The normalized spacial score (nSPS) is 21.7. The quantitative estimate of drug-likeness (QED) is 0.869. The number of carbonyl (C=O) groups excluding carboxylic acids is 1. The first-order valence-corrected chi connectivity index (χ1v) is 8.77. The SMILES string of the molecule is CN(C)C(C(=O)O)C1CCC(N(C)C(=O)c2ccc3nonc3c2)CC1. The molecule has 1 atom stereocenters. The fourth-order valence-electron chi connectivity index (χ4n) is 3.93. The molecule has 1 saturated carbocycles. The molecule has 1 aromatic carbocycles. The van der Waals surface area contributed by atoms with Crippen LogP contribution in [0.15, 0.2) is 22.8 Å². The molecule has 140 valence electrons. The number of hydrogen-bond acceptors (Lipinski definition) is 6. The van der Waals surface area contributed by atoms with Crippen molar-refractivity contribution in [1.29, 1.82) is 0 Å². The van der Waals surface area contributed by atoms with E-state index in [-0.39, 0.29) is 17.9 Å². The van der Waals surface area contributed by atoms with Gasteiger partial charge in [0.2, 0.25) is 0 Å². The second-order valence-electron chi connectivity index (χ2n) is 7.20. The number of fused-ring (bicyclic) bond motifs is 1. The monoisotopic (exact) mass is 360 g/mol. The number of likely N-dealkylation sites (N-methyl/N-ethyl adjacent to an activating group) is 1. The van der Waals surface area contributed by atoms with E-state index in [1.165, 1.54) is 0 Å². The van der Waals surface area contributed by atoms with Gasteiger partial charge in [0.05, 0.1) is 0 Å². The van der Waals surface area contributed by atoms with E-state index in [1.54, 1.807) is 49.1 Å². The second kappa shape index (κ2) is 7.41. The Balaban J connectivity index is 1.65. The maximum atomic E-state index is 12.8. The van der Waals surface area contributed by atoms with Crippen molar-refractivity contribution in [2.24, 2.45) is 5.92 Å². The van der Waals surface area contributed by atoms with Crippen LogP contribution in [-0.4, -0.2) is 70.3 Å². The van der Waals surface area contributed by atoms with Crippen molar-refractivity contribution in [3.63, 3.8) is 0 Å². The van der Waals surface area contributed by atoms with Crippen molar-refractivity contribution in [3.05, 3.63) is 23.8 Å². The van der Waals surface area contributed by atoms with Crippen molar-refractivity contribution in [2.45, 2.75) is 37.8 Å². The molecule has 0 aliphatic heterocycles. The van der Waals surface area contributed by atoms with Crippen LogP contribution in [0.5, 0.6) is 0 Å². The Morgan fingerprint density at radius 2 is 1.77 bits per heavy atom. The zero-order chi connectivity index (χ0) is 18.8. The van der Waals surface area contributed by atoms with E-state index in [4.69, 9.17) is 0 Å². The van der Waals surface area contributed by atoms with E-state index >= 15 is 0 Å². The Kier molecular flexibility index (Phi) is 5.22. The molecule has 1 aromatic heterocycles. The molecular formula is C18H24N4O4. The number of carboxylic acids is 1. The standard InChI is InChI=1S/C18H24N4O4/c1-21(2)16(18(24)25)11-4-7-13(8-5-11)22(3)17(23)12-6-9-14-15(10-12)20-26-19-14/h6,9-11,13,16H,4-5,7-8H2,1-3H3,(H,24,25). The smallest absolute Gasteiger partial charge is 0.321 e. The van der Waals surface area contributed by atoms with E-state index in [2.05, 4.69) is 14.9 Å². The minimum atomic E-state index is -0.780. The summed E-state index contributed by atoms with van der Waals surface area (Å²) in [6, 6.07) is 4.77. The molecule has 1 aliphatic carbocycles. The highest BCUT2D eigenvalue weighted by atomic mass is 16.6. The average Bonchev–Trinajstić information content (AvgIpc) is 3.08. The molecule has 26 heavy (non-hydrogen) atoms. The van der Waals surface area contributed by atoms with Crippen LogP contribution in [0, 0.1) is 5.92 Å². The van der Waals surface area contributed by atoms with Gasteiger partial charge in [-0.05, 0) is 74.2 Å². The highest BCUT2D eigenvalue weighted by molar-refractivity contribution is 5.97. The van der Waals surface area contributed by atoms with E-state index in [9.17, 15) is 14.7 Å². The van der Waals surface area contributed by atoms with Gasteiger partial charge in [-0.3, -0.25) is 14.5 Å². The summed E-state index contributed by atoms with van der Waals surface area (Å²) < 4.78 is 4.67. The molecule has 0 saturated heterocycles. The Hall–Kier alpha value is -2.48. The topological polar surface area (TPSA) is 99.8 Å². The summed E-state index contributed by atoms with van der Waals surface area (Å²) in [7, 11) is 5.41. The highest BCUT2D eigenvalue weighted by Gasteiger charge is 2.35. The second-order valence-corrected chi connectivity index (χ2v) is 7.20. The van der Waals surface area contributed by atoms with Crippen LogP contribution in [0.4, 0.5) is 0 Å². The van der Waals surface area contributed by atoms with Crippen LogP contribution in [0.25, 0.3) is 11.0 Å². The van der Waals surface area contributed by atoms with Gasteiger partial charge in [0, 0.05) is 18.7 Å². The van der Waals surface area contributed by atoms with Crippen LogP contribution < -0.4 is 0 Å². The summed E-state index contributed by atoms with van der Waals surface area (Å²) in [5.74, 6) is -0.738. The number of benzene rings is 1. The summed E-state index contributed by atoms with van der Waals surface area (Å²) in [5.41, 5.74) is 1.73. The fraction of sp³-hybridized carbons (Fsp3) is 0.556. The zero-order valence-corrected chi connectivity index (χ0v) is 15.3. The van der Waals surface area contributed by atoms with E-state index in [0.717, 1.165) is 25.7 Å². The van der Waals surface area contributed by atoms with Gasteiger partial charge in [-0.2, -0.15) is 0 Å². The number of hydrogen-bond donors (Lipinski definition) is 1. The fourth-order valence-corrected chi connectivity index (χ4v) is 3.93. The van der Waals surface area contributed by atoms with Crippen LogP contribution in [-0.2, 0) is 4.79 Å². The number of carbonyl (C=O) groups is 2. The van der Waals surface area contributed by atoms with Crippen LogP contribution in [0.3, 0.4) is 0 Å². The van der Waals surface area contributed by atoms with Crippen LogP contribution in [0.2, 0.25) is 0 Å². The van der Waals surface area contributed by atoms with Crippen LogP contribution >= 0.6 is 0 Å². The lowest BCUT2D eigenvalue weighted by Gasteiger charge is -2.38. The van der Waals surface area contributed by atoms with Crippen molar-refractivity contribution >= 4 is 22.9 Å². The molecule has 1 aliphatic rings. The average molecular weight is 360 g/mol. The van der Waals surface area contributed by atoms with Gasteiger partial charge < -0.3 is 10.0 Å². The maximum Gasteiger partial charge on any atom is 0.321 e. The summed E-state index contributed by atoms with van der Waals surface area (Å²) in [6.07, 6.45) is 3.20. The minimum Gasteiger partial charge on any atom is -0.480 e. The third-order valence-electron chi connectivity index (χ3n) is 5.37. The third kappa shape index (κ3) is 3.55. The third-order valence-corrected chi connectivity index (χ3v) is 5.37. The summed E-state index contributed by atoms with van der Waals surface area (Å²) >= 11 is 0. The molecule has 1 amide bonds. The number of aliphatic carboxylic acids is 1. The molecule has 0 radical (unpaired) electrons. The van der Waals surface area contributed by atoms with Crippen molar-refractivity contribution in [1.82, 2.24) is 20.1 Å². The zero-order valence-electron chi connectivity index (χ0n) is 15.3. The van der Waals surface area contributed by atoms with Gasteiger partial charge in [0.15, 0.2) is 0 Å². The largest absolute Gasteiger partial charge is 0.480 e. The lowest BCUT2D eigenvalue weighted by atomic mass is 9.80. The molecular weight excluding hydrogens is 336 g/mol. The first kappa shape index (κ1) is 18.3. The lowest BCUT2D eigenvalue weighted by molar-refractivity contribution is -0.145. The summed E-state index contributed by atoms with van der Waals surface area (Å²) in [6.45, 7) is 0. The Morgan fingerprint density at radius 1 is 1.12 bits per heavy atom. The molecule has 8 heteroatoms. The number of amides is 1. The Bertz CT molecular complexity index is 795. The van der Waals surface area contributed by atoms with Gasteiger partial charge in [-0.1, -0.05) is 0 Å². The molecule has 1 fully saturated rings. The first-order valence-electron chi connectivity index (χ1n) is 8.77. The van der Waals surface area contributed by atoms with Gasteiger partial charge in [0.25, 0.3) is 5.91 Å². The molecule has 0 spiro atoms. The first-order chi connectivity index (χ1) is 12.4. The van der Waals surface area contributed by atoms with Gasteiger partial charge in [0.1, 0.15) is 17.1 Å². The summed E-state index contributed by atoms with van der Waals surface area (Å²) in [4.78, 5) is 27.8. The molecule has 2 aromatic rings. The van der Waals surface area contributed by atoms with Crippen molar-refractivity contribution in [3.8, 4) is 0 Å². The minimum absolute atomic E-state index is 0.0688. The van der Waals surface area contributed by atoms with E-state index in [0.29, 0.717) is 16.6 Å². The number of carboxylic acid groups (broad SMARTS) is 1. The molecule has 1 unspecified atom stereocenters. The van der Waals surface area contributed by atoms with E-state index < -0.39 is 12.0 Å². The lowest BCUT2D eigenvalue weighted by Crippen LogP contribution is -2.46. The Morgan fingerprint density at radius 3 is 2.38 bits per heavy atom. The number of aromatic nitrogens is 2. The molecule has 8 nitrogen and oxygen atoms in total. The summed E-state index contributed by atoms with van der Waals surface area (Å²) in [5, 5.41) is 17.0. The van der Waals surface area contributed by atoms with Crippen molar-refractivity contribution < 1.29 is 19.3 Å². The van der Waals surface area contributed by atoms with Gasteiger partial charge in [-0.15, -0.1) is 0 Å². The van der Waals surface area contributed by atoms with Crippen molar-refractivity contribution in [2.75, 3.05) is 21.1 Å². The molecule has 3 rings (SSSR count). The molecule has 1 heterocycles. The Labute approximate surface area is 151 Å². The number of rotatable bonds is 5. The maximum absolute atomic E-state index is 12.8. The van der Waals surface area contributed by atoms with Gasteiger partial charge in [-0.25, -0.2) is 4.63 Å². The predicted molar refractivity (Wildman–Crippen MR) is 94.8 cm³/mol.